The molecular formula is C50H34N2O. The van der Waals surface area contributed by atoms with E-state index in [0.717, 1.165) is 40.5 Å². The fourth-order valence-electron chi connectivity index (χ4n) is 9.78. The van der Waals surface area contributed by atoms with Crippen LogP contribution >= 0.6 is 0 Å². The molecule has 0 radical (unpaired) electrons. The van der Waals surface area contributed by atoms with Gasteiger partial charge in [-0.1, -0.05) is 115 Å². The van der Waals surface area contributed by atoms with Crippen molar-refractivity contribution >= 4 is 66.3 Å². The number of furan rings is 1. The average molecular weight is 679 g/mol. The standard InChI is InChI=1S/C50H34N2O/c1-2-14-33(15-3-1)52-43-20-8-6-17-37(43)42-30-35(25-27-44(42)52)51(45-21-11-23-47-50(45)40-18-7-9-22-46(40)53-47)34-24-26-39-41(29-34)38-19-10-13-32-28-31-12-4-5-16-36(31)49(39)48(32)38/h1-23,25-27,29-31,34H,24,28H2. The first-order chi connectivity index (χ1) is 26.3. The molecule has 2 heterocycles. The Morgan fingerprint density at radius 1 is 0.660 bits per heavy atom. The van der Waals surface area contributed by atoms with E-state index < -0.39 is 0 Å². The smallest absolute Gasteiger partial charge is 0.137 e. The number of aromatic nitrogens is 1. The maximum atomic E-state index is 6.49. The molecule has 53 heavy (non-hydrogen) atoms. The molecule has 0 saturated carbocycles. The van der Waals surface area contributed by atoms with Crippen LogP contribution in [-0.4, -0.2) is 10.6 Å². The minimum absolute atomic E-state index is 0.0761. The highest BCUT2D eigenvalue weighted by molar-refractivity contribution is 6.15. The molecule has 4 aliphatic rings. The fraction of sp³-hybridized carbons (Fsp3) is 0.0800. The molecule has 0 bridgehead atoms. The first-order valence-electron chi connectivity index (χ1n) is 18.7. The molecule has 4 aliphatic carbocycles. The number of fused-ring (bicyclic) bond motifs is 10. The van der Waals surface area contributed by atoms with Gasteiger partial charge >= 0.3 is 0 Å². The summed E-state index contributed by atoms with van der Waals surface area (Å²) in [6.45, 7) is 0. The Bertz CT molecular complexity index is 3020. The minimum Gasteiger partial charge on any atom is -0.456 e. The van der Waals surface area contributed by atoms with Gasteiger partial charge < -0.3 is 13.9 Å². The molecule has 3 heteroatoms. The molecule has 12 rings (SSSR count). The Kier molecular flexibility index (Phi) is 6.01. The molecule has 2 atom stereocenters. The molecule has 2 aromatic heterocycles. The van der Waals surface area contributed by atoms with E-state index >= 15 is 0 Å². The Morgan fingerprint density at radius 3 is 2.42 bits per heavy atom. The molecule has 8 aromatic rings. The van der Waals surface area contributed by atoms with E-state index in [2.05, 4.69) is 179 Å². The lowest BCUT2D eigenvalue weighted by Crippen LogP contribution is -2.30. The van der Waals surface area contributed by atoms with Gasteiger partial charge in [-0.05, 0) is 106 Å². The summed E-state index contributed by atoms with van der Waals surface area (Å²) in [6, 6.07) is 48.6. The van der Waals surface area contributed by atoms with E-state index in [1.165, 1.54) is 72.2 Å². The second-order valence-corrected chi connectivity index (χ2v) is 14.7. The molecule has 0 amide bonds. The van der Waals surface area contributed by atoms with Crippen molar-refractivity contribution in [3.8, 4) is 5.69 Å². The molecule has 250 valence electrons. The zero-order chi connectivity index (χ0) is 34.6. The zero-order valence-corrected chi connectivity index (χ0v) is 29.0. The van der Waals surface area contributed by atoms with Crippen LogP contribution in [0.25, 0.3) is 60.6 Å². The predicted octanol–water partition coefficient (Wildman–Crippen LogP) is 12.7. The number of allylic oxidation sites excluding steroid dienone is 8. The Labute approximate surface area is 307 Å². The molecule has 0 fully saturated rings. The zero-order valence-electron chi connectivity index (χ0n) is 29.0. The summed E-state index contributed by atoms with van der Waals surface area (Å²) in [5.74, 6) is 0.434. The van der Waals surface area contributed by atoms with Gasteiger partial charge in [-0.3, -0.25) is 0 Å². The third kappa shape index (κ3) is 4.11. The molecule has 3 nitrogen and oxygen atoms in total. The molecule has 0 aliphatic heterocycles. The van der Waals surface area contributed by atoms with Crippen molar-refractivity contribution in [2.45, 2.75) is 18.9 Å². The lowest BCUT2D eigenvalue weighted by molar-refractivity contribution is 0.669. The number of para-hydroxylation sites is 3. The van der Waals surface area contributed by atoms with Crippen LogP contribution in [0.1, 0.15) is 23.1 Å². The molecule has 6 aromatic carbocycles. The summed E-state index contributed by atoms with van der Waals surface area (Å²) in [5.41, 5.74) is 17.7. The van der Waals surface area contributed by atoms with Gasteiger partial charge in [-0.2, -0.15) is 0 Å². The van der Waals surface area contributed by atoms with Crippen molar-refractivity contribution < 1.29 is 4.42 Å². The number of rotatable bonds is 4. The second kappa shape index (κ2) is 11.0. The van der Waals surface area contributed by atoms with Gasteiger partial charge in [0.1, 0.15) is 11.2 Å². The highest BCUT2D eigenvalue weighted by atomic mass is 16.3. The molecule has 2 unspecified atom stereocenters. The van der Waals surface area contributed by atoms with Crippen LogP contribution < -0.4 is 4.90 Å². The van der Waals surface area contributed by atoms with Crippen LogP contribution in [0.3, 0.4) is 0 Å². The largest absolute Gasteiger partial charge is 0.456 e. The highest BCUT2D eigenvalue weighted by Gasteiger charge is 2.38. The molecule has 0 N–H and O–H groups in total. The quantitative estimate of drug-likeness (QED) is 0.185. The Morgan fingerprint density at radius 2 is 1.47 bits per heavy atom. The van der Waals surface area contributed by atoms with Crippen LogP contribution in [0.4, 0.5) is 11.4 Å². The monoisotopic (exact) mass is 678 g/mol. The summed E-state index contributed by atoms with van der Waals surface area (Å²) in [6.07, 6.45) is 16.2. The summed E-state index contributed by atoms with van der Waals surface area (Å²) >= 11 is 0. The second-order valence-electron chi connectivity index (χ2n) is 14.7. The normalized spacial score (nSPS) is 18.4. The highest BCUT2D eigenvalue weighted by Crippen LogP contribution is 2.55. The van der Waals surface area contributed by atoms with Crippen molar-refractivity contribution in [3.05, 3.63) is 198 Å². The fourth-order valence-corrected chi connectivity index (χ4v) is 9.78. The van der Waals surface area contributed by atoms with Crippen LogP contribution in [0.15, 0.2) is 185 Å². The van der Waals surface area contributed by atoms with E-state index in [0.29, 0.717) is 5.92 Å². The third-order valence-corrected chi connectivity index (χ3v) is 12.0. The van der Waals surface area contributed by atoms with Crippen molar-refractivity contribution in [2.24, 2.45) is 5.92 Å². The minimum atomic E-state index is 0.0761. The van der Waals surface area contributed by atoms with E-state index in [4.69, 9.17) is 4.42 Å². The number of hydrogen-bond donors (Lipinski definition) is 0. The summed E-state index contributed by atoms with van der Waals surface area (Å²) < 4.78 is 8.88. The number of hydrogen-bond acceptors (Lipinski definition) is 2. The van der Waals surface area contributed by atoms with Crippen molar-refractivity contribution in [2.75, 3.05) is 4.90 Å². The number of nitrogens with zero attached hydrogens (tertiary/aromatic N) is 2. The van der Waals surface area contributed by atoms with Crippen LogP contribution in [-0.2, 0) is 6.42 Å². The third-order valence-electron chi connectivity index (χ3n) is 12.0. The molecule has 0 spiro atoms. The lowest BCUT2D eigenvalue weighted by atomic mass is 9.76. The average Bonchev–Trinajstić information content (AvgIpc) is 3.87. The van der Waals surface area contributed by atoms with E-state index in [9.17, 15) is 0 Å². The SMILES string of the molecule is C1=CC2=C3C4=CCC(N(c5ccc6c(c5)c5ccccc5n6-c5ccccc5)c5cccc6oc7ccccc7c56)C=C4c4cccc(c43)CC2C=C1. The first kappa shape index (κ1) is 29.0. The van der Waals surface area contributed by atoms with Crippen molar-refractivity contribution in [1.82, 2.24) is 4.57 Å². The topological polar surface area (TPSA) is 21.3 Å². The van der Waals surface area contributed by atoms with E-state index in [1.54, 1.807) is 0 Å². The van der Waals surface area contributed by atoms with Crippen LogP contribution in [0, 0.1) is 5.92 Å². The Balaban J connectivity index is 1.10. The van der Waals surface area contributed by atoms with Crippen LogP contribution in [0.5, 0.6) is 0 Å². The lowest BCUT2D eigenvalue weighted by Gasteiger charge is -2.35. The van der Waals surface area contributed by atoms with Gasteiger partial charge in [0.05, 0.1) is 28.1 Å². The van der Waals surface area contributed by atoms with Crippen LogP contribution in [0.2, 0.25) is 0 Å². The van der Waals surface area contributed by atoms with Gasteiger partial charge in [0.2, 0.25) is 0 Å². The number of anilines is 2. The van der Waals surface area contributed by atoms with Crippen molar-refractivity contribution in [1.29, 1.82) is 0 Å². The summed E-state index contributed by atoms with van der Waals surface area (Å²) in [7, 11) is 0. The van der Waals surface area contributed by atoms with Crippen molar-refractivity contribution in [3.63, 3.8) is 0 Å². The van der Waals surface area contributed by atoms with Gasteiger partial charge in [-0.15, -0.1) is 0 Å². The summed E-state index contributed by atoms with van der Waals surface area (Å²) in [5, 5.41) is 4.79. The Hall–Kier alpha value is -6.58. The first-order valence-corrected chi connectivity index (χ1v) is 18.7. The maximum Gasteiger partial charge on any atom is 0.137 e. The van der Waals surface area contributed by atoms with Gasteiger partial charge in [0.25, 0.3) is 0 Å². The van der Waals surface area contributed by atoms with Gasteiger partial charge in [0, 0.05) is 33.5 Å². The molecular weight excluding hydrogens is 645 g/mol. The predicted molar refractivity (Wildman–Crippen MR) is 220 cm³/mol. The summed E-state index contributed by atoms with van der Waals surface area (Å²) in [4.78, 5) is 2.58. The molecule has 0 saturated heterocycles. The van der Waals surface area contributed by atoms with Gasteiger partial charge in [0.15, 0.2) is 0 Å². The number of benzene rings is 6. The van der Waals surface area contributed by atoms with E-state index in [-0.39, 0.29) is 6.04 Å². The maximum absolute atomic E-state index is 6.49. The van der Waals surface area contributed by atoms with Gasteiger partial charge in [-0.25, -0.2) is 0 Å². The van der Waals surface area contributed by atoms with E-state index in [1.807, 2.05) is 0 Å².